The number of hydrogen-bond acceptors (Lipinski definition) is 7. The number of aromatic hydroxyl groups is 1. The van der Waals surface area contributed by atoms with Crippen LogP contribution in [0, 0.1) is 35.2 Å². The number of benzene rings is 1. The standard InChI is InChI=1S/C45H67N3O5/c1-4-5-13-42-32(28-49)23-33(53-42)16-14-31-15-17-41(51)43(22-31)52-29-40(48-44(3)18-6-7-19-44)38-24-35-36(27-46-26-30(2)50)34-11-10-12-37(34)45(20-8-9-21-45)25-39(35)47-38/h15,17,22-24,30,34,36-37,40,42,46,48-50,53H,4-14,16,18-21,25-29H2,1-3H3/p+1. The zero-order valence-electron chi connectivity index (χ0n) is 32.8. The van der Waals surface area contributed by atoms with Crippen molar-refractivity contribution < 1.29 is 24.8 Å². The van der Waals surface area contributed by atoms with Crippen molar-refractivity contribution in [2.24, 2.45) is 28.2 Å². The summed E-state index contributed by atoms with van der Waals surface area (Å²) in [5.74, 6) is 3.92. The summed E-state index contributed by atoms with van der Waals surface area (Å²) in [6.07, 6.45) is 25.2. The predicted molar refractivity (Wildman–Crippen MR) is 213 cm³/mol. The minimum Gasteiger partial charge on any atom is -0.504 e. The number of aryl methyl sites for hydroxylation is 1. The van der Waals surface area contributed by atoms with Crippen LogP contribution in [0.25, 0.3) is 0 Å². The van der Waals surface area contributed by atoms with Crippen molar-refractivity contribution >= 4 is 5.71 Å². The van der Waals surface area contributed by atoms with Gasteiger partial charge in [-0.3, -0.25) is 5.32 Å². The minimum absolute atomic E-state index is 0.0215. The van der Waals surface area contributed by atoms with Gasteiger partial charge in [-0.25, -0.2) is 0 Å². The largest absolute Gasteiger partial charge is 0.504 e. The molecule has 6 aliphatic rings. The van der Waals surface area contributed by atoms with Crippen LogP contribution in [0.2, 0.25) is 0 Å². The Morgan fingerprint density at radius 1 is 1.11 bits per heavy atom. The molecule has 0 bridgehead atoms. The summed E-state index contributed by atoms with van der Waals surface area (Å²) < 4.78 is 11.5. The number of allylic oxidation sites excluding steroid dienone is 1. The summed E-state index contributed by atoms with van der Waals surface area (Å²) in [7, 11) is 0. The Kier molecular flexibility index (Phi) is 12.5. The molecule has 2 heterocycles. The van der Waals surface area contributed by atoms with E-state index in [1.165, 1.54) is 69.4 Å². The van der Waals surface area contributed by atoms with Crippen LogP contribution < -0.4 is 15.4 Å². The first-order chi connectivity index (χ1) is 25.7. The Bertz CT molecular complexity index is 1470. The van der Waals surface area contributed by atoms with Gasteiger partial charge >= 0.3 is 0 Å². The van der Waals surface area contributed by atoms with Crippen LogP contribution in [0.1, 0.15) is 129 Å². The molecule has 2 aliphatic heterocycles. The number of aliphatic hydroxyl groups excluding tert-OH is 2. The topological polar surface area (TPSA) is 119 Å². The summed E-state index contributed by atoms with van der Waals surface area (Å²) in [6, 6.07) is 5.63. The Hall–Kier alpha value is -2.49. The van der Waals surface area contributed by atoms with Crippen molar-refractivity contribution in [1.29, 1.82) is 0 Å². The van der Waals surface area contributed by atoms with Crippen molar-refractivity contribution in [2.45, 2.75) is 154 Å². The lowest BCUT2D eigenvalue weighted by Crippen LogP contribution is -2.49. The van der Waals surface area contributed by atoms with Gasteiger partial charge in [-0.1, -0.05) is 51.5 Å². The normalized spacial score (nSPS) is 28.4. The summed E-state index contributed by atoms with van der Waals surface area (Å²) in [5.41, 5.74) is 4.90. The summed E-state index contributed by atoms with van der Waals surface area (Å²) >= 11 is 0. The fourth-order valence-corrected chi connectivity index (χ4v) is 11.2. The molecule has 1 aromatic rings. The molecule has 4 saturated carbocycles. The smallest absolute Gasteiger partial charge is 0.196 e. The van der Waals surface area contributed by atoms with Gasteiger partial charge in [-0.2, -0.15) is 0 Å². The second kappa shape index (κ2) is 17.1. The van der Waals surface area contributed by atoms with E-state index in [-0.39, 0.29) is 36.1 Å². The van der Waals surface area contributed by atoms with Gasteiger partial charge in [0.15, 0.2) is 23.2 Å². The molecular weight excluding hydrogens is 663 g/mol. The van der Waals surface area contributed by atoms with E-state index < -0.39 is 0 Å². The van der Waals surface area contributed by atoms with E-state index in [0.29, 0.717) is 36.2 Å². The maximum atomic E-state index is 11.0. The fraction of sp³-hybridized carbons (Fsp3) is 0.711. The number of fused-ring (bicyclic) bond motifs is 3. The molecule has 53 heavy (non-hydrogen) atoms. The van der Waals surface area contributed by atoms with Crippen LogP contribution in [0.4, 0.5) is 0 Å². The third-order valence-corrected chi connectivity index (χ3v) is 13.9. The summed E-state index contributed by atoms with van der Waals surface area (Å²) in [4.78, 5) is 5.57. The van der Waals surface area contributed by atoms with Gasteiger partial charge in [-0.15, -0.1) is 16.6 Å². The maximum absolute atomic E-state index is 11.0. The summed E-state index contributed by atoms with van der Waals surface area (Å²) in [5, 5.41) is 38.7. The van der Waals surface area contributed by atoms with Crippen molar-refractivity contribution in [3.63, 3.8) is 0 Å². The highest BCUT2D eigenvalue weighted by Crippen LogP contribution is 2.61. The van der Waals surface area contributed by atoms with Crippen LogP contribution in [0.15, 0.2) is 46.6 Å². The van der Waals surface area contributed by atoms with E-state index >= 15 is 0 Å². The number of nitrogens with one attached hydrogen (secondary N) is 2. The number of phenolic OH excluding ortho intramolecular Hbond substituents is 1. The van der Waals surface area contributed by atoms with Crippen molar-refractivity contribution in [2.75, 3.05) is 26.3 Å². The highest BCUT2D eigenvalue weighted by Gasteiger charge is 2.58. The molecule has 7 rings (SSSR count). The van der Waals surface area contributed by atoms with Crippen molar-refractivity contribution in [1.82, 2.24) is 10.6 Å². The Balaban J connectivity index is 1.10. The molecular formula is C45H68N3O5+. The molecule has 0 aromatic heterocycles. The Labute approximate surface area is 319 Å². The molecule has 0 saturated heterocycles. The SMILES string of the molecule is CCCCC1[OH+][C-](CCc2ccc(O)c(OCC(NC3(C)CCCC3)C3=C[C+]4C(=N3)CC3(CCCC3)C3CCCC3C4CNCC(C)O)c2)C=C1CO. The first-order valence-electron chi connectivity index (χ1n) is 21.3. The molecule has 6 N–H and O–H groups in total. The zero-order chi connectivity index (χ0) is 37.0. The zero-order valence-corrected chi connectivity index (χ0v) is 32.8. The van der Waals surface area contributed by atoms with Gasteiger partial charge in [0.25, 0.3) is 0 Å². The van der Waals surface area contributed by atoms with Crippen molar-refractivity contribution in [3.05, 3.63) is 59.2 Å². The number of nitrogens with zero attached hydrogens (tertiary/aromatic N) is 1. The lowest BCUT2D eigenvalue weighted by Gasteiger charge is -2.37. The number of phenols is 1. The first kappa shape index (κ1) is 38.8. The van der Waals surface area contributed by atoms with Gasteiger partial charge < -0.3 is 30.1 Å². The predicted octanol–water partition coefficient (Wildman–Crippen LogP) is 7.43. The van der Waals surface area contributed by atoms with Crippen LogP contribution in [-0.4, -0.2) is 75.9 Å². The van der Waals surface area contributed by atoms with E-state index in [0.717, 1.165) is 86.8 Å². The third-order valence-electron chi connectivity index (χ3n) is 13.9. The molecule has 4 aliphatic carbocycles. The maximum Gasteiger partial charge on any atom is 0.196 e. The number of ether oxygens (including phenoxy) is 2. The first-order valence-corrected chi connectivity index (χ1v) is 21.3. The number of hydrogen-bond donors (Lipinski definition) is 5. The average molecular weight is 731 g/mol. The molecule has 292 valence electrons. The van der Waals surface area contributed by atoms with Gasteiger partial charge in [0.2, 0.25) is 0 Å². The molecule has 0 radical (unpaired) electrons. The summed E-state index contributed by atoms with van der Waals surface area (Å²) in [6.45, 7) is 8.36. The number of aliphatic imine (C=N–C) groups is 1. The monoisotopic (exact) mass is 731 g/mol. The Morgan fingerprint density at radius 3 is 2.66 bits per heavy atom. The second-order valence-electron chi connectivity index (χ2n) is 17.9. The third kappa shape index (κ3) is 8.83. The minimum atomic E-state index is -0.364. The van der Waals surface area contributed by atoms with Crippen LogP contribution in [0.3, 0.4) is 0 Å². The molecule has 8 nitrogen and oxygen atoms in total. The molecule has 0 amide bonds. The van der Waals surface area contributed by atoms with Crippen LogP contribution in [-0.2, 0) is 6.42 Å². The lowest BCUT2D eigenvalue weighted by atomic mass is 9.66. The Morgan fingerprint density at radius 2 is 1.91 bits per heavy atom. The number of aliphatic hydroxyl groups is 4. The quantitative estimate of drug-likeness (QED) is 0.0841. The van der Waals surface area contributed by atoms with E-state index in [2.05, 4.69) is 36.6 Å². The van der Waals surface area contributed by atoms with Gasteiger partial charge in [0, 0.05) is 38.1 Å². The lowest BCUT2D eigenvalue weighted by molar-refractivity contribution is -0.0550. The highest BCUT2D eigenvalue weighted by molar-refractivity contribution is 6.03. The molecule has 6 atom stereocenters. The van der Waals surface area contributed by atoms with Gasteiger partial charge in [0.1, 0.15) is 30.4 Å². The van der Waals surface area contributed by atoms with E-state index in [4.69, 9.17) is 14.5 Å². The van der Waals surface area contributed by atoms with Crippen LogP contribution in [0.5, 0.6) is 11.5 Å². The number of unbranched alkanes of at least 4 members (excludes halogenated alkanes) is 1. The second-order valence-corrected chi connectivity index (χ2v) is 17.9. The van der Waals surface area contributed by atoms with Gasteiger partial charge in [0.05, 0.1) is 18.1 Å². The average Bonchev–Trinajstić information content (AvgIpc) is 3.99. The van der Waals surface area contributed by atoms with E-state index in [1.807, 2.05) is 19.1 Å². The highest BCUT2D eigenvalue weighted by atomic mass is 16.5. The van der Waals surface area contributed by atoms with Crippen molar-refractivity contribution in [3.8, 4) is 11.5 Å². The molecule has 8 heteroatoms. The van der Waals surface area contributed by atoms with Gasteiger partial charge in [-0.05, 0) is 107 Å². The molecule has 4 fully saturated rings. The molecule has 1 aromatic carbocycles. The van der Waals surface area contributed by atoms with E-state index in [9.17, 15) is 15.3 Å². The van der Waals surface area contributed by atoms with Crippen LogP contribution >= 0.6 is 0 Å². The van der Waals surface area contributed by atoms with E-state index in [1.54, 1.807) is 6.07 Å². The number of rotatable bonds is 17. The molecule has 6 unspecified atom stereocenters. The fourth-order valence-electron chi connectivity index (χ4n) is 11.2. The molecule has 1 spiro atoms.